The van der Waals surface area contributed by atoms with E-state index >= 15 is 0 Å². The highest BCUT2D eigenvalue weighted by molar-refractivity contribution is 5.81. The Hall–Kier alpha value is -2.82. The van der Waals surface area contributed by atoms with Crippen LogP contribution in [0.15, 0.2) is 60.7 Å². The molecule has 27 heavy (non-hydrogen) atoms. The number of alkyl carbamates (subject to hydrolysis) is 1. The SMILES string of the molecule is CCCCC[C@H](NC(=O)OCc1ccccc1)C(=O)OCc1ccccc1. The van der Waals surface area contributed by atoms with Crippen LogP contribution in [0.1, 0.15) is 43.7 Å². The Morgan fingerprint density at radius 3 is 1.96 bits per heavy atom. The maximum Gasteiger partial charge on any atom is 0.408 e. The number of hydrogen-bond acceptors (Lipinski definition) is 4. The van der Waals surface area contributed by atoms with Crippen molar-refractivity contribution in [1.82, 2.24) is 5.32 Å². The molecular weight excluding hydrogens is 342 g/mol. The second kappa shape index (κ2) is 11.7. The van der Waals surface area contributed by atoms with Gasteiger partial charge in [-0.25, -0.2) is 9.59 Å². The predicted molar refractivity (Wildman–Crippen MR) is 104 cm³/mol. The minimum absolute atomic E-state index is 0.160. The fourth-order valence-corrected chi connectivity index (χ4v) is 2.58. The Morgan fingerprint density at radius 1 is 0.852 bits per heavy atom. The molecule has 144 valence electrons. The first-order chi connectivity index (χ1) is 13.2. The Labute approximate surface area is 160 Å². The number of ether oxygens (including phenoxy) is 2. The third-order valence-corrected chi connectivity index (χ3v) is 4.11. The molecule has 0 radical (unpaired) electrons. The van der Waals surface area contributed by atoms with Crippen LogP contribution < -0.4 is 5.32 Å². The number of hydrogen-bond donors (Lipinski definition) is 1. The highest BCUT2D eigenvalue weighted by Crippen LogP contribution is 2.09. The molecule has 0 aliphatic carbocycles. The van der Waals surface area contributed by atoms with Crippen LogP contribution in [0.25, 0.3) is 0 Å². The highest BCUT2D eigenvalue weighted by Gasteiger charge is 2.22. The first-order valence-electron chi connectivity index (χ1n) is 9.37. The summed E-state index contributed by atoms with van der Waals surface area (Å²) in [5.74, 6) is -0.438. The van der Waals surface area contributed by atoms with Gasteiger partial charge in [0.05, 0.1) is 0 Å². The fourth-order valence-electron chi connectivity index (χ4n) is 2.58. The molecule has 1 amide bonds. The van der Waals surface area contributed by atoms with Crippen molar-refractivity contribution in [3.63, 3.8) is 0 Å². The summed E-state index contributed by atoms with van der Waals surface area (Å²) in [6, 6.07) is 18.2. The second-order valence-corrected chi connectivity index (χ2v) is 6.35. The van der Waals surface area contributed by atoms with Crippen LogP contribution >= 0.6 is 0 Å². The van der Waals surface area contributed by atoms with Gasteiger partial charge in [0.15, 0.2) is 0 Å². The van der Waals surface area contributed by atoms with E-state index in [1.54, 1.807) is 0 Å². The third kappa shape index (κ3) is 7.94. The van der Waals surface area contributed by atoms with E-state index in [1.807, 2.05) is 60.7 Å². The molecule has 0 saturated heterocycles. The first kappa shape index (κ1) is 20.5. The molecule has 0 aliphatic heterocycles. The zero-order chi connectivity index (χ0) is 19.3. The zero-order valence-corrected chi connectivity index (χ0v) is 15.7. The topological polar surface area (TPSA) is 64.6 Å². The molecule has 0 fully saturated rings. The van der Waals surface area contributed by atoms with Crippen molar-refractivity contribution in [2.24, 2.45) is 0 Å². The van der Waals surface area contributed by atoms with Gasteiger partial charge < -0.3 is 14.8 Å². The van der Waals surface area contributed by atoms with E-state index in [2.05, 4.69) is 12.2 Å². The number of carbonyl (C=O) groups excluding carboxylic acids is 2. The quantitative estimate of drug-likeness (QED) is 0.491. The van der Waals surface area contributed by atoms with Gasteiger partial charge >= 0.3 is 12.1 Å². The Kier molecular flexibility index (Phi) is 8.90. The molecule has 0 heterocycles. The van der Waals surface area contributed by atoms with Gasteiger partial charge in [-0.1, -0.05) is 86.8 Å². The van der Waals surface area contributed by atoms with Crippen LogP contribution in [0.2, 0.25) is 0 Å². The van der Waals surface area contributed by atoms with Gasteiger partial charge in [0.1, 0.15) is 19.3 Å². The van der Waals surface area contributed by atoms with Crippen LogP contribution in [-0.4, -0.2) is 18.1 Å². The molecule has 2 aromatic rings. The summed E-state index contributed by atoms with van der Waals surface area (Å²) in [5, 5.41) is 2.65. The van der Waals surface area contributed by atoms with E-state index in [4.69, 9.17) is 9.47 Å². The van der Waals surface area contributed by atoms with E-state index in [1.165, 1.54) is 0 Å². The van der Waals surface area contributed by atoms with Gasteiger partial charge in [0.2, 0.25) is 0 Å². The van der Waals surface area contributed by atoms with Crippen LogP contribution in [0.3, 0.4) is 0 Å². The van der Waals surface area contributed by atoms with Gasteiger partial charge in [-0.05, 0) is 17.5 Å². The monoisotopic (exact) mass is 369 g/mol. The molecule has 0 unspecified atom stereocenters. The molecule has 1 atom stereocenters. The summed E-state index contributed by atoms with van der Waals surface area (Å²) >= 11 is 0. The lowest BCUT2D eigenvalue weighted by atomic mass is 10.1. The Morgan fingerprint density at radius 2 is 1.41 bits per heavy atom. The molecule has 0 saturated carbocycles. The number of nitrogens with one attached hydrogen (secondary N) is 1. The summed E-state index contributed by atoms with van der Waals surface area (Å²) in [5.41, 5.74) is 1.80. The summed E-state index contributed by atoms with van der Waals surface area (Å²) in [6.07, 6.45) is 2.77. The number of rotatable bonds is 10. The largest absolute Gasteiger partial charge is 0.459 e. The van der Waals surface area contributed by atoms with Crippen LogP contribution in [0.5, 0.6) is 0 Å². The average molecular weight is 369 g/mol. The van der Waals surface area contributed by atoms with Gasteiger partial charge in [0.25, 0.3) is 0 Å². The minimum atomic E-state index is -0.705. The molecule has 1 N–H and O–H groups in total. The molecule has 5 nitrogen and oxygen atoms in total. The maximum atomic E-state index is 12.4. The lowest BCUT2D eigenvalue weighted by Gasteiger charge is -2.17. The van der Waals surface area contributed by atoms with Gasteiger partial charge in [0, 0.05) is 0 Å². The maximum absolute atomic E-state index is 12.4. The minimum Gasteiger partial charge on any atom is -0.459 e. The highest BCUT2D eigenvalue weighted by atomic mass is 16.6. The number of amides is 1. The summed E-state index contributed by atoms with van der Waals surface area (Å²) in [7, 11) is 0. The van der Waals surface area contributed by atoms with Gasteiger partial charge in [-0.15, -0.1) is 0 Å². The number of esters is 1. The van der Waals surface area contributed by atoms with E-state index < -0.39 is 18.1 Å². The average Bonchev–Trinajstić information content (AvgIpc) is 2.71. The van der Waals surface area contributed by atoms with Crippen molar-refractivity contribution < 1.29 is 19.1 Å². The molecule has 5 heteroatoms. The molecule has 0 aliphatic rings. The Bertz CT molecular complexity index is 688. The molecule has 0 spiro atoms. The van der Waals surface area contributed by atoms with E-state index in [9.17, 15) is 9.59 Å². The van der Waals surface area contributed by atoms with Crippen molar-refractivity contribution >= 4 is 12.1 Å². The molecule has 0 aromatic heterocycles. The summed E-state index contributed by atoms with van der Waals surface area (Å²) in [6.45, 7) is 2.43. The third-order valence-electron chi connectivity index (χ3n) is 4.11. The first-order valence-corrected chi connectivity index (χ1v) is 9.37. The number of carbonyl (C=O) groups is 2. The van der Waals surface area contributed by atoms with Crippen molar-refractivity contribution in [1.29, 1.82) is 0 Å². The summed E-state index contributed by atoms with van der Waals surface area (Å²) in [4.78, 5) is 24.5. The number of unbranched alkanes of at least 4 members (excludes halogenated alkanes) is 2. The van der Waals surface area contributed by atoms with Crippen molar-refractivity contribution in [2.75, 3.05) is 0 Å². The van der Waals surface area contributed by atoms with Gasteiger partial charge in [-0.2, -0.15) is 0 Å². The summed E-state index contributed by atoms with van der Waals surface area (Å²) < 4.78 is 10.6. The van der Waals surface area contributed by atoms with Crippen LogP contribution in [-0.2, 0) is 27.5 Å². The lowest BCUT2D eigenvalue weighted by Crippen LogP contribution is -2.42. The molecule has 0 bridgehead atoms. The zero-order valence-electron chi connectivity index (χ0n) is 15.7. The van der Waals surface area contributed by atoms with Crippen LogP contribution in [0, 0.1) is 0 Å². The number of benzene rings is 2. The molecule has 2 aromatic carbocycles. The van der Waals surface area contributed by atoms with E-state index in [0.717, 1.165) is 30.4 Å². The molecule has 2 rings (SSSR count). The predicted octanol–water partition coefficient (Wildman–Crippen LogP) is 4.61. The van der Waals surface area contributed by atoms with Crippen molar-refractivity contribution in [3.05, 3.63) is 71.8 Å². The van der Waals surface area contributed by atoms with Crippen molar-refractivity contribution in [2.45, 2.75) is 51.9 Å². The fraction of sp³-hybridized carbons (Fsp3) is 0.364. The van der Waals surface area contributed by atoms with Crippen molar-refractivity contribution in [3.8, 4) is 0 Å². The standard InChI is InChI=1S/C22H27NO4/c1-2-3-6-15-20(21(24)26-16-18-11-7-4-8-12-18)23-22(25)27-17-19-13-9-5-10-14-19/h4-5,7-14,20H,2-3,6,15-17H2,1H3,(H,23,25)/t20-/m0/s1. The van der Waals surface area contributed by atoms with E-state index in [0.29, 0.717) is 6.42 Å². The lowest BCUT2D eigenvalue weighted by molar-refractivity contribution is -0.147. The normalized spacial score (nSPS) is 11.4. The Balaban J connectivity index is 1.85. The second-order valence-electron chi connectivity index (χ2n) is 6.35. The van der Waals surface area contributed by atoms with Gasteiger partial charge in [-0.3, -0.25) is 0 Å². The smallest absolute Gasteiger partial charge is 0.408 e. The van der Waals surface area contributed by atoms with E-state index in [-0.39, 0.29) is 13.2 Å². The van der Waals surface area contributed by atoms with Crippen LogP contribution in [0.4, 0.5) is 4.79 Å². The molecular formula is C22H27NO4.